The maximum absolute atomic E-state index is 12.8. The highest BCUT2D eigenvalue weighted by molar-refractivity contribution is 5.79. The molecule has 8 heteroatoms. The number of amides is 2. The fourth-order valence-corrected chi connectivity index (χ4v) is 5.31. The maximum atomic E-state index is 12.8. The quantitative estimate of drug-likeness (QED) is 0.710. The molecule has 1 spiro atoms. The molecule has 160 valence electrons. The van der Waals surface area contributed by atoms with Gasteiger partial charge in [0.25, 0.3) is 0 Å². The fourth-order valence-electron chi connectivity index (χ4n) is 5.31. The number of aryl methyl sites for hydroxylation is 1. The third-order valence-electron chi connectivity index (χ3n) is 6.92. The van der Waals surface area contributed by atoms with Gasteiger partial charge in [-0.15, -0.1) is 0 Å². The van der Waals surface area contributed by atoms with E-state index in [1.54, 1.807) is 6.92 Å². The number of rotatable bonds is 8. The minimum Gasteiger partial charge on any atom is -0.369 e. The monoisotopic (exact) mass is 404 g/mol. The van der Waals surface area contributed by atoms with E-state index in [-0.39, 0.29) is 41.8 Å². The van der Waals surface area contributed by atoms with Crippen LogP contribution >= 0.6 is 0 Å². The third-order valence-corrected chi connectivity index (χ3v) is 6.92. The number of hydrogen-bond donors (Lipinski definition) is 1. The van der Waals surface area contributed by atoms with E-state index in [1.165, 1.54) is 0 Å². The Balaban J connectivity index is 1.32. The third kappa shape index (κ3) is 4.04. The Morgan fingerprint density at radius 1 is 1.34 bits per heavy atom. The van der Waals surface area contributed by atoms with Crippen molar-refractivity contribution in [1.29, 1.82) is 0 Å². The Bertz CT molecular complexity index is 764. The molecule has 1 aromatic heterocycles. The van der Waals surface area contributed by atoms with E-state index in [2.05, 4.69) is 29.5 Å². The van der Waals surface area contributed by atoms with Gasteiger partial charge in [-0.2, -0.15) is 0 Å². The van der Waals surface area contributed by atoms with Gasteiger partial charge < -0.3 is 15.0 Å². The number of nitrogens with zero attached hydrogens (tertiary/aromatic N) is 3. The number of carbonyl (C=O) groups excluding carboxylic acids is 2. The second kappa shape index (κ2) is 8.05. The van der Waals surface area contributed by atoms with E-state index in [0.29, 0.717) is 43.4 Å². The molecule has 2 bridgehead atoms. The van der Waals surface area contributed by atoms with Gasteiger partial charge in [-0.25, -0.2) is 4.63 Å². The van der Waals surface area contributed by atoms with Crippen LogP contribution in [-0.2, 0) is 20.7 Å². The Labute approximate surface area is 171 Å². The standard InChI is InChI=1S/C21H32N4O4/c1-13(2)5-4-6-19(26)22-10-15-16-11-25(12-21(16)8-7-18(15)28-21)20(27)9-17-14(3)23-29-24-17/h13,15-16,18H,4-12H2,1-3H3,(H,22,26)/t15-,16+,18+,21+/m0/s1. The van der Waals surface area contributed by atoms with Crippen LogP contribution in [0.1, 0.15) is 57.3 Å². The largest absolute Gasteiger partial charge is 0.369 e. The van der Waals surface area contributed by atoms with Gasteiger partial charge in [0.2, 0.25) is 11.8 Å². The SMILES string of the molecule is Cc1nonc1CC(=O)N1C[C@@H]2[C@H](CNC(=O)CCCC(C)C)[C@H]3CC[C@]2(C1)O3. The molecule has 4 rings (SSSR count). The normalized spacial score (nSPS) is 30.2. The lowest BCUT2D eigenvalue weighted by molar-refractivity contribution is -0.131. The van der Waals surface area contributed by atoms with Crippen molar-refractivity contribution in [2.45, 2.75) is 71.0 Å². The van der Waals surface area contributed by atoms with Gasteiger partial charge in [0.1, 0.15) is 11.4 Å². The van der Waals surface area contributed by atoms with Crippen molar-refractivity contribution >= 4 is 11.8 Å². The van der Waals surface area contributed by atoms with E-state index in [9.17, 15) is 9.59 Å². The molecular weight excluding hydrogens is 372 g/mol. The van der Waals surface area contributed by atoms with Crippen molar-refractivity contribution in [3.05, 3.63) is 11.4 Å². The molecule has 8 nitrogen and oxygen atoms in total. The molecule has 2 amide bonds. The number of ether oxygens (including phenoxy) is 1. The van der Waals surface area contributed by atoms with Crippen molar-refractivity contribution in [2.75, 3.05) is 19.6 Å². The van der Waals surface area contributed by atoms with Gasteiger partial charge in [-0.05, 0) is 32.1 Å². The average molecular weight is 405 g/mol. The summed E-state index contributed by atoms with van der Waals surface area (Å²) in [4.78, 5) is 26.9. The molecular formula is C21H32N4O4. The number of carbonyl (C=O) groups is 2. The number of fused-ring (bicyclic) bond motifs is 1. The highest BCUT2D eigenvalue weighted by Gasteiger charge is 2.63. The molecule has 3 fully saturated rings. The second-order valence-electron chi connectivity index (χ2n) is 9.37. The van der Waals surface area contributed by atoms with Crippen LogP contribution in [0.15, 0.2) is 4.63 Å². The predicted octanol–water partition coefficient (Wildman–Crippen LogP) is 1.87. The first-order chi connectivity index (χ1) is 13.9. The van der Waals surface area contributed by atoms with Gasteiger partial charge in [0, 0.05) is 31.3 Å². The van der Waals surface area contributed by atoms with Crippen LogP contribution < -0.4 is 5.32 Å². The predicted molar refractivity (Wildman–Crippen MR) is 105 cm³/mol. The van der Waals surface area contributed by atoms with Crippen LogP contribution in [0.2, 0.25) is 0 Å². The van der Waals surface area contributed by atoms with Crippen molar-refractivity contribution in [3.8, 4) is 0 Å². The summed E-state index contributed by atoms with van der Waals surface area (Å²) in [5.74, 6) is 1.36. The fraction of sp³-hybridized carbons (Fsp3) is 0.810. The van der Waals surface area contributed by atoms with Gasteiger partial charge in [0.15, 0.2) is 0 Å². The highest BCUT2D eigenvalue weighted by atomic mass is 16.6. The van der Waals surface area contributed by atoms with Crippen molar-refractivity contribution in [2.24, 2.45) is 17.8 Å². The molecule has 1 N–H and O–H groups in total. The zero-order chi connectivity index (χ0) is 20.6. The lowest BCUT2D eigenvalue weighted by atomic mass is 9.73. The van der Waals surface area contributed by atoms with Crippen LogP contribution in [0.5, 0.6) is 0 Å². The maximum Gasteiger partial charge on any atom is 0.228 e. The van der Waals surface area contributed by atoms with E-state index in [4.69, 9.17) is 9.37 Å². The number of nitrogens with one attached hydrogen (secondary N) is 1. The van der Waals surface area contributed by atoms with Crippen molar-refractivity contribution < 1.29 is 19.0 Å². The summed E-state index contributed by atoms with van der Waals surface area (Å²) in [5.41, 5.74) is 1.02. The molecule has 3 aliphatic rings. The number of aromatic nitrogens is 2. The summed E-state index contributed by atoms with van der Waals surface area (Å²) in [7, 11) is 0. The van der Waals surface area contributed by atoms with E-state index in [0.717, 1.165) is 25.7 Å². The Hall–Kier alpha value is -1.96. The Morgan fingerprint density at radius 3 is 2.90 bits per heavy atom. The zero-order valence-corrected chi connectivity index (χ0v) is 17.6. The van der Waals surface area contributed by atoms with Crippen molar-refractivity contribution in [1.82, 2.24) is 20.5 Å². The van der Waals surface area contributed by atoms with Crippen LogP contribution in [0.3, 0.4) is 0 Å². The number of hydrogen-bond acceptors (Lipinski definition) is 6. The topological polar surface area (TPSA) is 97.6 Å². The Morgan fingerprint density at radius 2 is 2.17 bits per heavy atom. The first-order valence-electron chi connectivity index (χ1n) is 10.9. The van der Waals surface area contributed by atoms with Crippen LogP contribution in [0.25, 0.3) is 0 Å². The lowest BCUT2D eigenvalue weighted by Crippen LogP contribution is -2.41. The minimum absolute atomic E-state index is 0.0381. The molecule has 4 atom stereocenters. The summed E-state index contributed by atoms with van der Waals surface area (Å²) in [6, 6.07) is 0. The van der Waals surface area contributed by atoms with E-state index in [1.807, 2.05) is 4.90 Å². The molecule has 3 saturated heterocycles. The van der Waals surface area contributed by atoms with Gasteiger partial charge in [-0.1, -0.05) is 30.6 Å². The van der Waals surface area contributed by atoms with E-state index < -0.39 is 0 Å². The molecule has 0 aromatic carbocycles. The van der Waals surface area contributed by atoms with Gasteiger partial charge >= 0.3 is 0 Å². The molecule has 29 heavy (non-hydrogen) atoms. The lowest BCUT2D eigenvalue weighted by Gasteiger charge is -2.29. The summed E-state index contributed by atoms with van der Waals surface area (Å²) in [5, 5.41) is 10.7. The molecule has 0 unspecified atom stereocenters. The summed E-state index contributed by atoms with van der Waals surface area (Å²) in [6.45, 7) is 8.12. The van der Waals surface area contributed by atoms with Crippen LogP contribution in [0.4, 0.5) is 0 Å². The van der Waals surface area contributed by atoms with Crippen LogP contribution in [-0.4, -0.2) is 58.4 Å². The van der Waals surface area contributed by atoms with E-state index >= 15 is 0 Å². The van der Waals surface area contributed by atoms with Crippen LogP contribution in [0, 0.1) is 24.7 Å². The summed E-state index contributed by atoms with van der Waals surface area (Å²) < 4.78 is 11.1. The zero-order valence-electron chi connectivity index (χ0n) is 17.6. The van der Waals surface area contributed by atoms with Crippen molar-refractivity contribution in [3.63, 3.8) is 0 Å². The Kier molecular flexibility index (Phi) is 5.64. The molecule has 0 radical (unpaired) electrons. The molecule has 1 aromatic rings. The second-order valence-corrected chi connectivity index (χ2v) is 9.37. The smallest absolute Gasteiger partial charge is 0.228 e. The minimum atomic E-state index is -0.232. The van der Waals surface area contributed by atoms with Gasteiger partial charge in [0.05, 0.1) is 24.7 Å². The molecule has 0 aliphatic carbocycles. The first kappa shape index (κ1) is 20.3. The highest BCUT2D eigenvalue weighted by Crippen LogP contribution is 2.54. The summed E-state index contributed by atoms with van der Waals surface area (Å²) >= 11 is 0. The van der Waals surface area contributed by atoms with Gasteiger partial charge in [-0.3, -0.25) is 9.59 Å². The number of likely N-dealkylation sites (tertiary alicyclic amines) is 1. The summed E-state index contributed by atoms with van der Waals surface area (Å²) in [6.07, 6.45) is 5.01. The molecule has 0 saturated carbocycles. The molecule has 3 aliphatic heterocycles. The first-order valence-corrected chi connectivity index (χ1v) is 10.9. The molecule has 4 heterocycles. The average Bonchev–Trinajstić information content (AvgIpc) is 3.41.